The average Bonchev–Trinajstić information content (AvgIpc) is 2.67. The maximum atomic E-state index is 12.8. The Morgan fingerprint density at radius 2 is 1.83 bits per heavy atom. The second-order valence-electron chi connectivity index (χ2n) is 6.71. The molecule has 7 nitrogen and oxygen atoms in total. The van der Waals surface area contributed by atoms with Crippen LogP contribution < -0.4 is 16.4 Å². The zero-order valence-electron chi connectivity index (χ0n) is 15.9. The summed E-state index contributed by atoms with van der Waals surface area (Å²) in [4.78, 5) is 28.1. The molecule has 0 spiro atoms. The predicted octanol–water partition coefficient (Wildman–Crippen LogP) is 3.46. The monoisotopic (exact) mass is 390 g/mol. The van der Waals surface area contributed by atoms with Gasteiger partial charge in [0.25, 0.3) is 0 Å². The van der Waals surface area contributed by atoms with Crippen molar-refractivity contribution in [3.05, 3.63) is 78.1 Å². The largest absolute Gasteiger partial charge is 0.465 e. The number of rotatable bonds is 6. The molecule has 1 heterocycles. The number of benzene rings is 2. The lowest BCUT2D eigenvalue weighted by Crippen LogP contribution is -2.44. The molecule has 0 radical (unpaired) electrons. The summed E-state index contributed by atoms with van der Waals surface area (Å²) in [7, 11) is 0. The van der Waals surface area contributed by atoms with Crippen LogP contribution in [0.2, 0.25) is 0 Å². The van der Waals surface area contributed by atoms with Gasteiger partial charge in [-0.1, -0.05) is 30.3 Å². The number of amides is 2. The van der Waals surface area contributed by atoms with E-state index in [2.05, 4.69) is 15.6 Å². The lowest BCUT2D eigenvalue weighted by molar-refractivity contribution is -0.118. The molecule has 0 aliphatic rings. The van der Waals surface area contributed by atoms with Gasteiger partial charge in [-0.2, -0.15) is 0 Å². The van der Waals surface area contributed by atoms with Crippen LogP contribution >= 0.6 is 0 Å². The van der Waals surface area contributed by atoms with Crippen LogP contribution in [0.4, 0.5) is 16.2 Å². The molecule has 1 atom stereocenters. The first kappa shape index (κ1) is 19.9. The number of aromatic nitrogens is 1. The Balaban J connectivity index is 1.82. The Kier molecular flexibility index (Phi) is 6.09. The topological polar surface area (TPSA) is 117 Å². The number of aryl methyl sites for hydroxylation is 1. The summed E-state index contributed by atoms with van der Waals surface area (Å²) in [5.74, 6) is -0.460. The Labute approximate surface area is 168 Å². The second kappa shape index (κ2) is 8.88. The van der Waals surface area contributed by atoms with E-state index in [1.54, 1.807) is 24.4 Å². The molecule has 3 rings (SSSR count). The quantitative estimate of drug-likeness (QED) is 0.481. The van der Waals surface area contributed by atoms with Crippen LogP contribution in [0, 0.1) is 6.92 Å². The molecule has 0 saturated carbocycles. The molecule has 29 heavy (non-hydrogen) atoms. The maximum Gasteiger partial charge on any atom is 0.405 e. The minimum Gasteiger partial charge on any atom is -0.465 e. The lowest BCUT2D eigenvalue weighted by Gasteiger charge is -2.18. The summed E-state index contributed by atoms with van der Waals surface area (Å²) in [6.45, 7) is 1.89. The van der Waals surface area contributed by atoms with E-state index >= 15 is 0 Å². The Morgan fingerprint density at radius 1 is 1.07 bits per heavy atom. The SMILES string of the molecule is Cc1cc(-c2cc(N)cc(NC(=O)[C@H](Cc3ccccc3)NC(=O)O)c2)ccn1. The smallest absolute Gasteiger partial charge is 0.405 e. The van der Waals surface area contributed by atoms with Crippen molar-refractivity contribution in [1.29, 1.82) is 0 Å². The van der Waals surface area contributed by atoms with Crippen molar-refractivity contribution in [3.63, 3.8) is 0 Å². The van der Waals surface area contributed by atoms with Gasteiger partial charge in [-0.25, -0.2) is 4.79 Å². The highest BCUT2D eigenvalue weighted by Gasteiger charge is 2.21. The van der Waals surface area contributed by atoms with Crippen LogP contribution in [0.3, 0.4) is 0 Å². The van der Waals surface area contributed by atoms with Crippen LogP contribution in [-0.2, 0) is 11.2 Å². The van der Waals surface area contributed by atoms with E-state index in [4.69, 9.17) is 10.8 Å². The fraction of sp³-hybridized carbons (Fsp3) is 0.136. The number of carboxylic acid groups (broad SMARTS) is 1. The summed E-state index contributed by atoms with van der Waals surface area (Å²) in [6, 6.07) is 17.3. The number of nitrogens with zero attached hydrogens (tertiary/aromatic N) is 1. The predicted molar refractivity (Wildman–Crippen MR) is 113 cm³/mol. The van der Waals surface area contributed by atoms with Crippen LogP contribution in [0.25, 0.3) is 11.1 Å². The van der Waals surface area contributed by atoms with Crippen molar-refractivity contribution in [2.24, 2.45) is 0 Å². The summed E-state index contributed by atoms with van der Waals surface area (Å²) in [5, 5.41) is 14.2. The minimum absolute atomic E-state index is 0.234. The summed E-state index contributed by atoms with van der Waals surface area (Å²) < 4.78 is 0. The standard InChI is InChI=1S/C22H22N4O3/c1-14-9-16(7-8-24-14)17-11-18(23)13-19(12-17)25-21(27)20(26-22(28)29)10-15-5-3-2-4-6-15/h2-9,11-13,20,26H,10,23H2,1H3,(H,25,27)(H,28,29)/t20-/m0/s1. The number of anilines is 2. The van der Waals surface area contributed by atoms with Crippen molar-refractivity contribution in [2.75, 3.05) is 11.1 Å². The van der Waals surface area contributed by atoms with Crippen LogP contribution in [0.15, 0.2) is 66.9 Å². The van der Waals surface area contributed by atoms with Crippen LogP contribution in [0.1, 0.15) is 11.3 Å². The number of pyridine rings is 1. The van der Waals surface area contributed by atoms with E-state index in [1.807, 2.05) is 49.4 Å². The molecule has 0 aliphatic heterocycles. The molecule has 0 saturated heterocycles. The summed E-state index contributed by atoms with van der Waals surface area (Å²) >= 11 is 0. The molecule has 3 aromatic rings. The Hall–Kier alpha value is -3.87. The Morgan fingerprint density at radius 3 is 2.52 bits per heavy atom. The first-order chi connectivity index (χ1) is 13.9. The molecule has 7 heteroatoms. The van der Waals surface area contributed by atoms with Gasteiger partial charge in [-0.3, -0.25) is 9.78 Å². The molecule has 0 unspecified atom stereocenters. The van der Waals surface area contributed by atoms with E-state index in [-0.39, 0.29) is 6.42 Å². The van der Waals surface area contributed by atoms with Crippen molar-refractivity contribution in [3.8, 4) is 11.1 Å². The number of carbonyl (C=O) groups is 2. The maximum absolute atomic E-state index is 12.8. The molecule has 1 aromatic heterocycles. The third-order valence-electron chi connectivity index (χ3n) is 4.35. The van der Waals surface area contributed by atoms with Gasteiger partial charge in [-0.15, -0.1) is 0 Å². The molecule has 0 aliphatic carbocycles. The van der Waals surface area contributed by atoms with Gasteiger partial charge < -0.3 is 21.5 Å². The van der Waals surface area contributed by atoms with Gasteiger partial charge in [0.05, 0.1) is 0 Å². The molecule has 2 aromatic carbocycles. The highest BCUT2D eigenvalue weighted by molar-refractivity contribution is 5.97. The van der Waals surface area contributed by atoms with Gasteiger partial charge in [0.1, 0.15) is 6.04 Å². The normalized spacial score (nSPS) is 11.5. The van der Waals surface area contributed by atoms with Crippen molar-refractivity contribution in [2.45, 2.75) is 19.4 Å². The van der Waals surface area contributed by atoms with Gasteiger partial charge in [0.2, 0.25) is 5.91 Å². The van der Waals surface area contributed by atoms with E-state index < -0.39 is 18.0 Å². The molecule has 148 valence electrons. The average molecular weight is 390 g/mol. The van der Waals surface area contributed by atoms with E-state index in [1.165, 1.54) is 0 Å². The van der Waals surface area contributed by atoms with E-state index in [0.717, 1.165) is 22.4 Å². The molecule has 0 fully saturated rings. The number of hydrogen-bond donors (Lipinski definition) is 4. The van der Waals surface area contributed by atoms with Gasteiger partial charge in [0.15, 0.2) is 0 Å². The van der Waals surface area contributed by atoms with Crippen LogP contribution in [0.5, 0.6) is 0 Å². The van der Waals surface area contributed by atoms with Gasteiger partial charge in [-0.05, 0) is 53.9 Å². The molecular weight excluding hydrogens is 368 g/mol. The number of nitrogens with one attached hydrogen (secondary N) is 2. The number of carbonyl (C=O) groups excluding carboxylic acids is 1. The fourth-order valence-corrected chi connectivity index (χ4v) is 3.05. The second-order valence-corrected chi connectivity index (χ2v) is 6.71. The van der Waals surface area contributed by atoms with Gasteiger partial charge in [0, 0.05) is 29.7 Å². The Bertz CT molecular complexity index is 1020. The number of hydrogen-bond acceptors (Lipinski definition) is 4. The van der Waals surface area contributed by atoms with Gasteiger partial charge >= 0.3 is 6.09 Å². The van der Waals surface area contributed by atoms with E-state index in [0.29, 0.717) is 11.4 Å². The summed E-state index contributed by atoms with van der Waals surface area (Å²) in [5.41, 5.74) is 10.5. The molecular formula is C22H22N4O3. The number of nitrogen functional groups attached to an aromatic ring is 1. The highest BCUT2D eigenvalue weighted by Crippen LogP contribution is 2.26. The van der Waals surface area contributed by atoms with Crippen molar-refractivity contribution >= 4 is 23.4 Å². The molecule has 2 amide bonds. The minimum atomic E-state index is -1.26. The number of nitrogens with two attached hydrogens (primary N) is 1. The summed E-state index contributed by atoms with van der Waals surface area (Å²) in [6.07, 6.45) is 0.679. The molecule has 5 N–H and O–H groups in total. The van der Waals surface area contributed by atoms with E-state index in [9.17, 15) is 9.59 Å². The first-order valence-corrected chi connectivity index (χ1v) is 9.08. The van der Waals surface area contributed by atoms with Crippen LogP contribution in [-0.4, -0.2) is 28.1 Å². The highest BCUT2D eigenvalue weighted by atomic mass is 16.4. The molecule has 0 bridgehead atoms. The van der Waals surface area contributed by atoms with Crippen molar-refractivity contribution < 1.29 is 14.7 Å². The van der Waals surface area contributed by atoms with Crippen molar-refractivity contribution in [1.82, 2.24) is 10.3 Å². The zero-order chi connectivity index (χ0) is 20.8. The third-order valence-corrected chi connectivity index (χ3v) is 4.35. The third kappa shape index (κ3) is 5.55. The first-order valence-electron chi connectivity index (χ1n) is 9.08. The fourth-order valence-electron chi connectivity index (χ4n) is 3.05. The lowest BCUT2D eigenvalue weighted by atomic mass is 10.0. The zero-order valence-corrected chi connectivity index (χ0v) is 15.9.